The summed E-state index contributed by atoms with van der Waals surface area (Å²) < 4.78 is 33.4. The second-order valence-corrected chi connectivity index (χ2v) is 9.08. The highest BCUT2D eigenvalue weighted by molar-refractivity contribution is 9.10. The van der Waals surface area contributed by atoms with Crippen LogP contribution in [0.2, 0.25) is 0 Å². The zero-order chi connectivity index (χ0) is 19.8. The number of aryl methyl sites for hydroxylation is 1. The van der Waals surface area contributed by atoms with Crippen LogP contribution in [0.15, 0.2) is 56.2 Å². The standard InChI is InChI=1S/C19H19BrN2O4S/c1-11(2)22-27(24,25)15-7-5-14(6-8-15)21-19(23)18-12(3)16-10-13(20)4-9-17(16)26-18/h4-11,22H,1-3H3,(H,21,23). The molecule has 0 radical (unpaired) electrons. The van der Waals surface area contributed by atoms with Gasteiger partial charge >= 0.3 is 0 Å². The SMILES string of the molecule is Cc1c(C(=O)Nc2ccc(S(=O)(=O)NC(C)C)cc2)oc2ccc(Br)cc12. The lowest BCUT2D eigenvalue weighted by Crippen LogP contribution is -2.30. The molecule has 0 fully saturated rings. The van der Waals surface area contributed by atoms with Crippen molar-refractivity contribution in [1.82, 2.24) is 4.72 Å². The minimum absolute atomic E-state index is 0.138. The van der Waals surface area contributed by atoms with Gasteiger partial charge in [0.25, 0.3) is 5.91 Å². The topological polar surface area (TPSA) is 88.4 Å². The quantitative estimate of drug-likeness (QED) is 0.600. The molecule has 0 unspecified atom stereocenters. The number of anilines is 1. The molecule has 27 heavy (non-hydrogen) atoms. The molecular formula is C19H19BrN2O4S. The van der Waals surface area contributed by atoms with E-state index >= 15 is 0 Å². The first kappa shape index (κ1) is 19.6. The molecule has 142 valence electrons. The van der Waals surface area contributed by atoms with Crippen LogP contribution in [0, 0.1) is 6.92 Å². The van der Waals surface area contributed by atoms with Crippen molar-refractivity contribution in [2.24, 2.45) is 0 Å². The van der Waals surface area contributed by atoms with Gasteiger partial charge in [0.15, 0.2) is 5.76 Å². The molecule has 0 saturated heterocycles. The van der Waals surface area contributed by atoms with E-state index in [1.807, 2.05) is 19.1 Å². The van der Waals surface area contributed by atoms with Crippen LogP contribution in [0.4, 0.5) is 5.69 Å². The van der Waals surface area contributed by atoms with Crippen molar-refractivity contribution in [1.29, 1.82) is 0 Å². The number of amides is 1. The van der Waals surface area contributed by atoms with Crippen molar-refractivity contribution >= 4 is 48.5 Å². The lowest BCUT2D eigenvalue weighted by molar-refractivity contribution is 0.0998. The largest absolute Gasteiger partial charge is 0.451 e. The number of hydrogen-bond donors (Lipinski definition) is 2. The summed E-state index contributed by atoms with van der Waals surface area (Å²) in [4.78, 5) is 12.7. The molecule has 1 aromatic heterocycles. The van der Waals surface area contributed by atoms with Gasteiger partial charge in [-0.2, -0.15) is 0 Å². The van der Waals surface area contributed by atoms with Crippen molar-refractivity contribution < 1.29 is 17.6 Å². The van der Waals surface area contributed by atoms with E-state index in [0.29, 0.717) is 11.3 Å². The molecule has 1 heterocycles. The Labute approximate surface area is 166 Å². The summed E-state index contributed by atoms with van der Waals surface area (Å²) in [6.07, 6.45) is 0. The van der Waals surface area contributed by atoms with Gasteiger partial charge in [0.2, 0.25) is 10.0 Å². The Morgan fingerprint density at radius 3 is 2.41 bits per heavy atom. The number of benzene rings is 2. The van der Waals surface area contributed by atoms with Gasteiger partial charge in [-0.05, 0) is 63.2 Å². The first-order valence-electron chi connectivity index (χ1n) is 8.30. The third kappa shape index (κ3) is 4.23. The van der Waals surface area contributed by atoms with Crippen LogP contribution in [0.3, 0.4) is 0 Å². The van der Waals surface area contributed by atoms with Gasteiger partial charge in [0.1, 0.15) is 5.58 Å². The lowest BCUT2D eigenvalue weighted by Gasteiger charge is -2.10. The first-order valence-corrected chi connectivity index (χ1v) is 10.6. The van der Waals surface area contributed by atoms with Gasteiger partial charge in [0, 0.05) is 27.2 Å². The molecule has 0 atom stereocenters. The van der Waals surface area contributed by atoms with Gasteiger partial charge in [-0.1, -0.05) is 15.9 Å². The minimum Gasteiger partial charge on any atom is -0.451 e. The van der Waals surface area contributed by atoms with Crippen molar-refractivity contribution in [3.05, 3.63) is 58.3 Å². The summed E-state index contributed by atoms with van der Waals surface area (Å²) in [5.74, 6) is -0.169. The van der Waals surface area contributed by atoms with E-state index in [9.17, 15) is 13.2 Å². The number of furan rings is 1. The number of sulfonamides is 1. The molecule has 3 aromatic rings. The van der Waals surface area contributed by atoms with Crippen LogP contribution >= 0.6 is 15.9 Å². The molecule has 0 aliphatic carbocycles. The van der Waals surface area contributed by atoms with E-state index in [1.165, 1.54) is 12.1 Å². The van der Waals surface area contributed by atoms with Gasteiger partial charge in [0.05, 0.1) is 4.90 Å². The van der Waals surface area contributed by atoms with Crippen LogP contribution in [0.5, 0.6) is 0 Å². The van der Waals surface area contributed by atoms with E-state index in [1.54, 1.807) is 32.0 Å². The van der Waals surface area contributed by atoms with Crippen molar-refractivity contribution in [2.75, 3.05) is 5.32 Å². The second kappa shape index (κ2) is 7.46. The fourth-order valence-electron chi connectivity index (χ4n) is 2.69. The van der Waals surface area contributed by atoms with Gasteiger partial charge < -0.3 is 9.73 Å². The van der Waals surface area contributed by atoms with Crippen LogP contribution in [0.25, 0.3) is 11.0 Å². The maximum Gasteiger partial charge on any atom is 0.291 e. The Hall–Kier alpha value is -2.16. The van der Waals surface area contributed by atoms with Crippen molar-refractivity contribution in [2.45, 2.75) is 31.7 Å². The van der Waals surface area contributed by atoms with E-state index in [4.69, 9.17) is 4.42 Å². The number of halogens is 1. The zero-order valence-electron chi connectivity index (χ0n) is 15.0. The predicted octanol–water partition coefficient (Wildman–Crippen LogP) is 4.44. The zero-order valence-corrected chi connectivity index (χ0v) is 17.4. The monoisotopic (exact) mass is 450 g/mol. The number of rotatable bonds is 5. The molecule has 0 spiro atoms. The number of nitrogens with one attached hydrogen (secondary N) is 2. The molecule has 1 amide bonds. The van der Waals surface area contributed by atoms with Gasteiger partial charge in [-0.3, -0.25) is 4.79 Å². The molecule has 8 heteroatoms. The maximum atomic E-state index is 12.6. The Kier molecular flexibility index (Phi) is 5.41. The molecule has 6 nitrogen and oxygen atoms in total. The molecule has 3 rings (SSSR count). The lowest BCUT2D eigenvalue weighted by atomic mass is 10.1. The maximum absolute atomic E-state index is 12.6. The Balaban J connectivity index is 1.82. The summed E-state index contributed by atoms with van der Waals surface area (Å²) in [7, 11) is -3.57. The Morgan fingerprint density at radius 2 is 1.78 bits per heavy atom. The Bertz CT molecular complexity index is 1100. The smallest absolute Gasteiger partial charge is 0.291 e. The van der Waals surface area contributed by atoms with E-state index in [2.05, 4.69) is 26.0 Å². The summed E-state index contributed by atoms with van der Waals surface area (Å²) in [5, 5.41) is 3.59. The number of fused-ring (bicyclic) bond motifs is 1. The summed E-state index contributed by atoms with van der Waals surface area (Å²) in [6.45, 7) is 5.32. The van der Waals surface area contributed by atoms with Crippen molar-refractivity contribution in [3.8, 4) is 0 Å². The molecule has 2 aromatic carbocycles. The number of carbonyl (C=O) groups is 1. The van der Waals surface area contributed by atoms with Crippen LogP contribution in [-0.4, -0.2) is 20.4 Å². The third-order valence-corrected chi connectivity index (χ3v) is 6.09. The average molecular weight is 451 g/mol. The number of carbonyl (C=O) groups excluding carboxylic acids is 1. The molecule has 0 aliphatic rings. The highest BCUT2D eigenvalue weighted by Crippen LogP contribution is 2.28. The second-order valence-electron chi connectivity index (χ2n) is 6.45. The normalized spacial score (nSPS) is 11.9. The number of hydrogen-bond acceptors (Lipinski definition) is 4. The van der Waals surface area contributed by atoms with Gasteiger partial charge in [-0.15, -0.1) is 0 Å². The van der Waals surface area contributed by atoms with Crippen LogP contribution in [-0.2, 0) is 10.0 Å². The van der Waals surface area contributed by atoms with Crippen LogP contribution in [0.1, 0.15) is 30.0 Å². The molecule has 0 aliphatic heterocycles. The van der Waals surface area contributed by atoms with Crippen LogP contribution < -0.4 is 10.0 Å². The molecular weight excluding hydrogens is 432 g/mol. The van der Waals surface area contributed by atoms with E-state index in [0.717, 1.165) is 15.4 Å². The third-order valence-electron chi connectivity index (χ3n) is 3.92. The Morgan fingerprint density at radius 1 is 1.11 bits per heavy atom. The fourth-order valence-corrected chi connectivity index (χ4v) is 4.31. The first-order chi connectivity index (χ1) is 12.7. The summed E-state index contributed by atoms with van der Waals surface area (Å²) in [5.41, 5.74) is 1.84. The summed E-state index contributed by atoms with van der Waals surface area (Å²) >= 11 is 3.41. The molecule has 0 bridgehead atoms. The molecule has 0 saturated carbocycles. The minimum atomic E-state index is -3.57. The molecule has 2 N–H and O–H groups in total. The van der Waals surface area contributed by atoms with Crippen molar-refractivity contribution in [3.63, 3.8) is 0 Å². The average Bonchev–Trinajstić information content (AvgIpc) is 2.91. The highest BCUT2D eigenvalue weighted by Gasteiger charge is 2.19. The van der Waals surface area contributed by atoms with Gasteiger partial charge in [-0.25, -0.2) is 13.1 Å². The van der Waals surface area contributed by atoms with E-state index in [-0.39, 0.29) is 16.7 Å². The van der Waals surface area contributed by atoms with E-state index < -0.39 is 15.9 Å². The summed E-state index contributed by atoms with van der Waals surface area (Å²) in [6, 6.07) is 11.3. The fraction of sp³-hybridized carbons (Fsp3) is 0.211. The predicted molar refractivity (Wildman–Crippen MR) is 109 cm³/mol. The highest BCUT2D eigenvalue weighted by atomic mass is 79.9.